The molecule has 1 N–H and O–H groups in total. The Morgan fingerprint density at radius 2 is 2.22 bits per heavy atom. The summed E-state index contributed by atoms with van der Waals surface area (Å²) < 4.78 is 5.61. The fourth-order valence-corrected chi connectivity index (χ4v) is 2.24. The predicted octanol–water partition coefficient (Wildman–Crippen LogP) is 3.23. The van der Waals surface area contributed by atoms with E-state index in [4.69, 9.17) is 16.3 Å². The van der Waals surface area contributed by atoms with Crippen LogP contribution in [-0.2, 0) is 4.74 Å². The van der Waals surface area contributed by atoms with Gasteiger partial charge in [0.15, 0.2) is 0 Å². The van der Waals surface area contributed by atoms with Crippen LogP contribution < -0.4 is 5.32 Å². The zero-order valence-electron chi connectivity index (χ0n) is 11.3. The summed E-state index contributed by atoms with van der Waals surface area (Å²) in [6.07, 6.45) is 1.13. The highest BCUT2D eigenvalue weighted by Crippen LogP contribution is 2.29. The van der Waals surface area contributed by atoms with E-state index in [1.54, 1.807) is 6.07 Å². The second-order valence-electron chi connectivity index (χ2n) is 5.39. The first-order valence-corrected chi connectivity index (χ1v) is 6.73. The highest BCUT2D eigenvalue weighted by molar-refractivity contribution is 6.29. The maximum Gasteiger partial charge on any atom is 0.135 e. The number of hydrogen-bond acceptors (Lipinski definition) is 4. The second kappa shape index (κ2) is 5.02. The lowest BCUT2D eigenvalue weighted by molar-refractivity contribution is 0.105. The molecule has 2 unspecified atom stereocenters. The molecule has 2 rings (SSSR count). The molecule has 0 aliphatic carbocycles. The first kappa shape index (κ1) is 13.6. The van der Waals surface area contributed by atoms with Crippen molar-refractivity contribution in [3.05, 3.63) is 17.0 Å². The van der Waals surface area contributed by atoms with Gasteiger partial charge in [-0.1, -0.05) is 25.4 Å². The van der Waals surface area contributed by atoms with Gasteiger partial charge in [0, 0.05) is 18.6 Å². The van der Waals surface area contributed by atoms with Gasteiger partial charge in [0.05, 0.1) is 11.6 Å². The van der Waals surface area contributed by atoms with E-state index < -0.39 is 0 Å². The number of nitrogens with zero attached hydrogens (tertiary/aromatic N) is 2. The molecule has 0 bridgehead atoms. The molecule has 1 aliphatic rings. The fourth-order valence-electron chi connectivity index (χ4n) is 2.05. The highest BCUT2D eigenvalue weighted by atomic mass is 35.5. The van der Waals surface area contributed by atoms with Gasteiger partial charge in [0.2, 0.25) is 0 Å². The number of anilines is 1. The molecular weight excluding hydrogens is 250 g/mol. The Hall–Kier alpha value is -0.870. The maximum absolute atomic E-state index is 6.04. The zero-order valence-corrected chi connectivity index (χ0v) is 12.1. The van der Waals surface area contributed by atoms with E-state index in [-0.39, 0.29) is 17.6 Å². The van der Waals surface area contributed by atoms with Crippen molar-refractivity contribution in [2.24, 2.45) is 0 Å². The zero-order chi connectivity index (χ0) is 13.3. The Labute approximate surface area is 113 Å². The van der Waals surface area contributed by atoms with Gasteiger partial charge in [-0.3, -0.25) is 0 Å². The number of rotatable bonds is 3. The topological polar surface area (TPSA) is 47.0 Å². The summed E-state index contributed by atoms with van der Waals surface area (Å²) in [6.45, 7) is 9.11. The summed E-state index contributed by atoms with van der Waals surface area (Å²) in [7, 11) is 0. The Balaban J connectivity index is 2.23. The summed E-state index contributed by atoms with van der Waals surface area (Å²) in [5.74, 6) is 1.80. The van der Waals surface area contributed by atoms with E-state index in [1.807, 2.05) is 0 Å². The predicted molar refractivity (Wildman–Crippen MR) is 73.2 cm³/mol. The van der Waals surface area contributed by atoms with E-state index >= 15 is 0 Å². The van der Waals surface area contributed by atoms with Crippen LogP contribution >= 0.6 is 11.6 Å². The number of hydrogen-bond donors (Lipinski definition) is 1. The normalized spacial score (nSPS) is 27.8. The van der Waals surface area contributed by atoms with Gasteiger partial charge in [-0.2, -0.15) is 0 Å². The minimum Gasteiger partial charge on any atom is -0.376 e. The minimum atomic E-state index is -0.0913. The summed E-state index contributed by atoms with van der Waals surface area (Å²) in [5, 5.41) is 3.92. The van der Waals surface area contributed by atoms with Gasteiger partial charge in [0.25, 0.3) is 0 Å². The molecule has 5 heteroatoms. The SMILES string of the molecule is CC(C)c1nc(Cl)cc(NC2(C)CCOC2C)n1. The highest BCUT2D eigenvalue weighted by Gasteiger charge is 2.37. The van der Waals surface area contributed by atoms with Crippen molar-refractivity contribution in [2.75, 3.05) is 11.9 Å². The van der Waals surface area contributed by atoms with Gasteiger partial charge >= 0.3 is 0 Å². The lowest BCUT2D eigenvalue weighted by Gasteiger charge is -2.29. The number of aromatic nitrogens is 2. The van der Waals surface area contributed by atoms with E-state index in [1.165, 1.54) is 0 Å². The average Bonchev–Trinajstić information content (AvgIpc) is 2.58. The summed E-state index contributed by atoms with van der Waals surface area (Å²) in [4.78, 5) is 8.75. The van der Waals surface area contributed by atoms with Crippen molar-refractivity contribution in [3.63, 3.8) is 0 Å². The molecule has 1 saturated heterocycles. The van der Waals surface area contributed by atoms with Gasteiger partial charge in [-0.25, -0.2) is 9.97 Å². The minimum absolute atomic E-state index is 0.0913. The van der Waals surface area contributed by atoms with Crippen molar-refractivity contribution >= 4 is 17.4 Å². The Bertz CT molecular complexity index is 438. The van der Waals surface area contributed by atoms with Crippen LogP contribution in [0, 0.1) is 0 Å². The molecule has 1 aliphatic heterocycles. The summed E-state index contributed by atoms with van der Waals surface area (Å²) in [6, 6.07) is 1.77. The molecule has 0 saturated carbocycles. The van der Waals surface area contributed by atoms with Crippen molar-refractivity contribution in [2.45, 2.75) is 51.7 Å². The largest absolute Gasteiger partial charge is 0.376 e. The third-order valence-corrected chi connectivity index (χ3v) is 3.72. The lowest BCUT2D eigenvalue weighted by Crippen LogP contribution is -2.41. The summed E-state index contributed by atoms with van der Waals surface area (Å²) in [5.41, 5.74) is -0.0913. The lowest BCUT2D eigenvalue weighted by atomic mass is 9.95. The molecule has 18 heavy (non-hydrogen) atoms. The average molecular weight is 270 g/mol. The van der Waals surface area contributed by atoms with Crippen molar-refractivity contribution in [3.8, 4) is 0 Å². The molecule has 0 amide bonds. The molecule has 1 fully saturated rings. The van der Waals surface area contributed by atoms with Crippen molar-refractivity contribution in [1.82, 2.24) is 9.97 Å². The summed E-state index contributed by atoms with van der Waals surface area (Å²) >= 11 is 6.04. The first-order chi connectivity index (χ1) is 8.40. The standard InChI is InChI=1S/C13H20ClN3O/c1-8(2)12-15-10(14)7-11(16-12)17-13(4)5-6-18-9(13)3/h7-9H,5-6H2,1-4H3,(H,15,16,17). The smallest absolute Gasteiger partial charge is 0.135 e. The maximum atomic E-state index is 6.04. The molecular formula is C13H20ClN3O. The van der Waals surface area contributed by atoms with Gasteiger partial charge in [0.1, 0.15) is 16.8 Å². The molecule has 2 atom stereocenters. The van der Waals surface area contributed by atoms with Crippen molar-refractivity contribution < 1.29 is 4.74 Å². The van der Waals surface area contributed by atoms with Crippen LogP contribution in [0.25, 0.3) is 0 Å². The third kappa shape index (κ3) is 2.75. The Kier molecular flexibility index (Phi) is 3.78. The second-order valence-corrected chi connectivity index (χ2v) is 5.78. The van der Waals surface area contributed by atoms with Crippen LogP contribution in [0.3, 0.4) is 0 Å². The van der Waals surface area contributed by atoms with Crippen LogP contribution in [-0.4, -0.2) is 28.2 Å². The van der Waals surface area contributed by atoms with Crippen LogP contribution in [0.5, 0.6) is 0 Å². The van der Waals surface area contributed by atoms with Crippen LogP contribution in [0.15, 0.2) is 6.07 Å². The van der Waals surface area contributed by atoms with Crippen LogP contribution in [0.1, 0.15) is 45.9 Å². The quantitative estimate of drug-likeness (QED) is 0.856. The molecule has 1 aromatic heterocycles. The third-order valence-electron chi connectivity index (χ3n) is 3.53. The molecule has 0 aromatic carbocycles. The molecule has 4 nitrogen and oxygen atoms in total. The van der Waals surface area contributed by atoms with E-state index in [9.17, 15) is 0 Å². The van der Waals surface area contributed by atoms with E-state index in [0.29, 0.717) is 5.15 Å². The molecule has 2 heterocycles. The molecule has 0 radical (unpaired) electrons. The van der Waals surface area contributed by atoms with E-state index in [0.717, 1.165) is 24.7 Å². The Morgan fingerprint density at radius 1 is 1.50 bits per heavy atom. The monoisotopic (exact) mass is 269 g/mol. The fraction of sp³-hybridized carbons (Fsp3) is 0.692. The van der Waals surface area contributed by atoms with Crippen LogP contribution in [0.4, 0.5) is 5.82 Å². The number of nitrogens with one attached hydrogen (secondary N) is 1. The van der Waals surface area contributed by atoms with Gasteiger partial charge in [-0.15, -0.1) is 0 Å². The molecule has 0 spiro atoms. The molecule has 100 valence electrons. The van der Waals surface area contributed by atoms with Gasteiger partial charge in [-0.05, 0) is 20.3 Å². The van der Waals surface area contributed by atoms with Crippen molar-refractivity contribution in [1.29, 1.82) is 0 Å². The van der Waals surface area contributed by atoms with E-state index in [2.05, 4.69) is 43.0 Å². The van der Waals surface area contributed by atoms with Crippen LogP contribution in [0.2, 0.25) is 5.15 Å². The van der Waals surface area contributed by atoms with Gasteiger partial charge < -0.3 is 10.1 Å². The Morgan fingerprint density at radius 3 is 2.78 bits per heavy atom. The number of halogens is 1. The first-order valence-electron chi connectivity index (χ1n) is 6.35. The molecule has 1 aromatic rings. The number of ether oxygens (including phenoxy) is 1.